The highest BCUT2D eigenvalue weighted by Crippen LogP contribution is 2.32. The molecule has 20 heavy (non-hydrogen) atoms. The summed E-state index contributed by atoms with van der Waals surface area (Å²) in [4.78, 5) is 0.0970. The molecule has 0 aliphatic heterocycles. The van der Waals surface area contributed by atoms with Crippen LogP contribution in [0, 0.1) is 6.92 Å². The van der Waals surface area contributed by atoms with Crippen molar-refractivity contribution in [3.63, 3.8) is 0 Å². The Morgan fingerprint density at radius 2 is 1.80 bits per heavy atom. The number of halogens is 2. The molecule has 0 bridgehead atoms. The molecule has 0 spiro atoms. The van der Waals surface area contributed by atoms with E-state index in [4.69, 9.17) is 9.88 Å². The molecule has 0 saturated heterocycles. The van der Waals surface area contributed by atoms with Crippen LogP contribution >= 0.6 is 31.9 Å². The van der Waals surface area contributed by atoms with Crippen LogP contribution in [-0.2, 0) is 10.0 Å². The second-order valence-corrected chi connectivity index (χ2v) is 7.45. The summed E-state index contributed by atoms with van der Waals surface area (Å²) < 4.78 is 30.1. The number of nitrogens with two attached hydrogens (primary N) is 1. The highest BCUT2D eigenvalue weighted by atomic mass is 79.9. The quantitative estimate of drug-likeness (QED) is 0.816. The molecule has 7 heteroatoms. The summed E-state index contributed by atoms with van der Waals surface area (Å²) in [5.41, 5.74) is 0.540. The predicted molar refractivity (Wildman–Crippen MR) is 84.5 cm³/mol. The molecule has 0 heterocycles. The smallest absolute Gasteiger partial charge is 0.238 e. The van der Waals surface area contributed by atoms with Gasteiger partial charge in [-0.25, -0.2) is 13.6 Å². The fourth-order valence-electron chi connectivity index (χ4n) is 1.69. The molecule has 0 radical (unpaired) electrons. The van der Waals surface area contributed by atoms with E-state index >= 15 is 0 Å². The van der Waals surface area contributed by atoms with E-state index in [2.05, 4.69) is 31.9 Å². The lowest BCUT2D eigenvalue weighted by atomic mass is 10.2. The number of primary sulfonamides is 1. The zero-order valence-corrected chi connectivity index (χ0v) is 14.4. The van der Waals surface area contributed by atoms with Crippen molar-refractivity contribution in [1.82, 2.24) is 0 Å². The second-order valence-electron chi connectivity index (χ2n) is 4.15. The molecular weight excluding hydrogens is 410 g/mol. The second kappa shape index (κ2) is 5.85. The molecule has 2 aromatic rings. The van der Waals surface area contributed by atoms with E-state index in [1.807, 2.05) is 12.1 Å². The van der Waals surface area contributed by atoms with Crippen molar-refractivity contribution >= 4 is 41.9 Å². The summed E-state index contributed by atoms with van der Waals surface area (Å²) in [7, 11) is -3.71. The number of ether oxygens (including phenoxy) is 1. The van der Waals surface area contributed by atoms with Crippen LogP contribution in [0.15, 0.2) is 50.2 Å². The molecular formula is C13H11Br2NO3S. The zero-order chi connectivity index (χ0) is 14.9. The van der Waals surface area contributed by atoms with Crippen LogP contribution in [0.2, 0.25) is 0 Å². The molecule has 106 valence electrons. The average Bonchev–Trinajstić information content (AvgIpc) is 2.31. The topological polar surface area (TPSA) is 69.4 Å². The number of hydrogen-bond donors (Lipinski definition) is 1. The Balaban J connectivity index is 2.34. The fraction of sp³-hybridized carbons (Fsp3) is 0.0769. The monoisotopic (exact) mass is 419 g/mol. The van der Waals surface area contributed by atoms with E-state index < -0.39 is 10.0 Å². The Bertz CT molecular complexity index is 760. The van der Waals surface area contributed by atoms with Gasteiger partial charge in [-0.2, -0.15) is 0 Å². The largest absolute Gasteiger partial charge is 0.456 e. The number of sulfonamides is 1. The van der Waals surface area contributed by atoms with Crippen molar-refractivity contribution in [2.45, 2.75) is 11.8 Å². The summed E-state index contributed by atoms with van der Waals surface area (Å²) >= 11 is 6.76. The first kappa shape index (κ1) is 15.5. The van der Waals surface area contributed by atoms with Crippen LogP contribution in [-0.4, -0.2) is 8.42 Å². The standard InChI is InChI=1S/C13H11Br2NO3S/c1-8-6-10(3-5-13(8)20(16,17)18)19-12-4-2-9(14)7-11(12)15/h2-7H,1H3,(H2,16,17,18). The van der Waals surface area contributed by atoms with Crippen LogP contribution in [0.3, 0.4) is 0 Å². The first-order valence-electron chi connectivity index (χ1n) is 5.54. The molecule has 0 unspecified atom stereocenters. The minimum atomic E-state index is -3.71. The Kier molecular flexibility index (Phi) is 4.53. The van der Waals surface area contributed by atoms with Crippen LogP contribution in [0.1, 0.15) is 5.56 Å². The van der Waals surface area contributed by atoms with Gasteiger partial charge in [0.25, 0.3) is 0 Å². The van der Waals surface area contributed by atoms with Gasteiger partial charge >= 0.3 is 0 Å². The van der Waals surface area contributed by atoms with E-state index in [0.717, 1.165) is 8.95 Å². The molecule has 0 saturated carbocycles. The maximum Gasteiger partial charge on any atom is 0.238 e. The van der Waals surface area contributed by atoms with Crippen LogP contribution in [0.25, 0.3) is 0 Å². The Morgan fingerprint density at radius 3 is 2.35 bits per heavy atom. The van der Waals surface area contributed by atoms with Crippen molar-refractivity contribution in [1.29, 1.82) is 0 Å². The summed E-state index contributed by atoms with van der Waals surface area (Å²) in [6.07, 6.45) is 0. The third-order valence-corrected chi connectivity index (χ3v) is 4.76. The Labute approximate surface area is 134 Å². The average molecular weight is 421 g/mol. The fourth-order valence-corrected chi connectivity index (χ4v) is 3.58. The number of benzene rings is 2. The van der Waals surface area contributed by atoms with Gasteiger partial charge in [0.05, 0.1) is 9.37 Å². The predicted octanol–water partition coefficient (Wildman–Crippen LogP) is 3.96. The third-order valence-electron chi connectivity index (χ3n) is 2.57. The maximum absolute atomic E-state index is 11.3. The molecule has 0 aromatic heterocycles. The Morgan fingerprint density at radius 1 is 1.10 bits per heavy atom. The lowest BCUT2D eigenvalue weighted by Gasteiger charge is -2.10. The molecule has 2 N–H and O–H groups in total. The van der Waals surface area contributed by atoms with E-state index in [9.17, 15) is 8.42 Å². The minimum absolute atomic E-state index is 0.0970. The van der Waals surface area contributed by atoms with Crippen molar-refractivity contribution in [3.05, 3.63) is 50.9 Å². The normalized spacial score (nSPS) is 11.4. The highest BCUT2D eigenvalue weighted by Gasteiger charge is 2.12. The molecule has 2 rings (SSSR count). The minimum Gasteiger partial charge on any atom is -0.456 e. The van der Waals surface area contributed by atoms with Crippen molar-refractivity contribution in [2.75, 3.05) is 0 Å². The first-order chi connectivity index (χ1) is 9.27. The van der Waals surface area contributed by atoms with Crippen LogP contribution in [0.5, 0.6) is 11.5 Å². The van der Waals surface area contributed by atoms with Gasteiger partial charge in [-0.3, -0.25) is 0 Å². The highest BCUT2D eigenvalue weighted by molar-refractivity contribution is 9.11. The van der Waals surface area contributed by atoms with Crippen LogP contribution in [0.4, 0.5) is 0 Å². The van der Waals surface area contributed by atoms with Gasteiger partial charge in [-0.1, -0.05) is 15.9 Å². The van der Waals surface area contributed by atoms with Gasteiger partial charge in [-0.15, -0.1) is 0 Å². The number of rotatable bonds is 3. The summed E-state index contributed by atoms with van der Waals surface area (Å²) in [6, 6.07) is 10.2. The zero-order valence-electron chi connectivity index (χ0n) is 10.4. The SMILES string of the molecule is Cc1cc(Oc2ccc(Br)cc2Br)ccc1S(N)(=O)=O. The van der Waals surface area contributed by atoms with Crippen LogP contribution < -0.4 is 9.88 Å². The van der Waals surface area contributed by atoms with Gasteiger partial charge in [0, 0.05) is 4.47 Å². The summed E-state index contributed by atoms with van der Waals surface area (Å²) in [5, 5.41) is 5.12. The number of hydrogen-bond acceptors (Lipinski definition) is 3. The van der Waals surface area contributed by atoms with Crippen molar-refractivity contribution in [2.24, 2.45) is 5.14 Å². The first-order valence-corrected chi connectivity index (χ1v) is 8.67. The van der Waals surface area contributed by atoms with Gasteiger partial charge < -0.3 is 4.74 Å². The molecule has 0 amide bonds. The van der Waals surface area contributed by atoms with Crippen molar-refractivity contribution in [3.8, 4) is 11.5 Å². The summed E-state index contributed by atoms with van der Waals surface area (Å²) in [5.74, 6) is 1.17. The molecule has 0 aliphatic carbocycles. The molecule has 0 aliphatic rings. The van der Waals surface area contributed by atoms with E-state index in [-0.39, 0.29) is 4.90 Å². The van der Waals surface area contributed by atoms with Gasteiger partial charge in [-0.05, 0) is 64.8 Å². The van der Waals surface area contributed by atoms with E-state index in [1.165, 1.54) is 6.07 Å². The van der Waals surface area contributed by atoms with E-state index in [0.29, 0.717) is 17.1 Å². The molecule has 4 nitrogen and oxygen atoms in total. The Hall–Kier alpha value is -0.890. The molecule has 0 fully saturated rings. The maximum atomic E-state index is 11.3. The molecule has 2 aromatic carbocycles. The number of aryl methyl sites for hydroxylation is 1. The van der Waals surface area contributed by atoms with Gasteiger partial charge in [0.15, 0.2) is 0 Å². The lowest BCUT2D eigenvalue weighted by molar-refractivity contribution is 0.478. The summed E-state index contributed by atoms with van der Waals surface area (Å²) in [6.45, 7) is 1.67. The van der Waals surface area contributed by atoms with Gasteiger partial charge in [0.2, 0.25) is 10.0 Å². The van der Waals surface area contributed by atoms with Crippen molar-refractivity contribution < 1.29 is 13.2 Å². The molecule has 0 atom stereocenters. The van der Waals surface area contributed by atoms with E-state index in [1.54, 1.807) is 25.1 Å². The lowest BCUT2D eigenvalue weighted by Crippen LogP contribution is -2.13. The third kappa shape index (κ3) is 3.60. The van der Waals surface area contributed by atoms with Gasteiger partial charge in [0.1, 0.15) is 11.5 Å².